The van der Waals surface area contributed by atoms with Crippen molar-refractivity contribution in [2.75, 3.05) is 7.11 Å². The van der Waals surface area contributed by atoms with E-state index in [-0.39, 0.29) is 5.56 Å². The molecular formula is C19H12N6O2S. The summed E-state index contributed by atoms with van der Waals surface area (Å²) in [5.74, 6) is 1.37. The summed E-state index contributed by atoms with van der Waals surface area (Å²) in [6.45, 7) is 0. The SMILES string of the molecule is COc1ccc2cc3c(nc2c1)nn1c2nc(-c4cccs4)[nH]c2c(=O)[nH]c31. The van der Waals surface area contributed by atoms with Gasteiger partial charge in [-0.1, -0.05) is 6.07 Å². The van der Waals surface area contributed by atoms with Gasteiger partial charge in [0, 0.05) is 11.5 Å². The number of fused-ring (bicyclic) bond motifs is 6. The lowest BCUT2D eigenvalue weighted by Gasteiger charge is -2.01. The van der Waals surface area contributed by atoms with Gasteiger partial charge < -0.3 is 14.7 Å². The molecule has 0 spiro atoms. The Morgan fingerprint density at radius 1 is 1.14 bits per heavy atom. The zero-order chi connectivity index (χ0) is 18.8. The van der Waals surface area contributed by atoms with Gasteiger partial charge in [0.15, 0.2) is 22.6 Å². The summed E-state index contributed by atoms with van der Waals surface area (Å²) < 4.78 is 6.92. The summed E-state index contributed by atoms with van der Waals surface area (Å²) in [5, 5.41) is 8.26. The van der Waals surface area contributed by atoms with Crippen LogP contribution in [0.1, 0.15) is 0 Å². The third kappa shape index (κ3) is 2.04. The van der Waals surface area contributed by atoms with Crippen molar-refractivity contribution in [1.29, 1.82) is 0 Å². The number of H-pyrrole nitrogens is 2. The summed E-state index contributed by atoms with van der Waals surface area (Å²) in [6, 6.07) is 11.5. The maximum atomic E-state index is 12.7. The molecule has 0 aliphatic rings. The standard InChI is InChI=1S/C19H12N6O2S/c1-27-10-5-4-9-7-11-15(20-12(9)8-10)24-25-17(11)23-19(26)14-18(25)22-16(21-14)13-3-2-6-28-13/h2-8H,1H3,(H,21,22)(H,23,26). The normalized spacial score (nSPS) is 11.9. The Labute approximate surface area is 160 Å². The molecule has 1 aromatic carbocycles. The predicted octanol–water partition coefficient (Wildman–Crippen LogP) is 3.34. The van der Waals surface area contributed by atoms with Crippen LogP contribution in [0.2, 0.25) is 0 Å². The number of aromatic amines is 2. The predicted molar refractivity (Wildman–Crippen MR) is 108 cm³/mol. The molecule has 5 aromatic heterocycles. The molecule has 0 unspecified atom stereocenters. The molecule has 9 heteroatoms. The van der Waals surface area contributed by atoms with Crippen LogP contribution in [0, 0.1) is 0 Å². The van der Waals surface area contributed by atoms with Crippen LogP contribution in [0.3, 0.4) is 0 Å². The fourth-order valence-electron chi connectivity index (χ4n) is 3.42. The Kier molecular flexibility index (Phi) is 2.96. The lowest BCUT2D eigenvalue weighted by atomic mass is 10.2. The minimum absolute atomic E-state index is 0.241. The van der Waals surface area contributed by atoms with Crippen LogP contribution < -0.4 is 10.3 Å². The summed E-state index contributed by atoms with van der Waals surface area (Å²) in [5.41, 5.74) is 2.49. The molecule has 0 amide bonds. The van der Waals surface area contributed by atoms with Crippen molar-refractivity contribution >= 4 is 50.1 Å². The molecule has 0 saturated heterocycles. The minimum Gasteiger partial charge on any atom is -0.497 e. The van der Waals surface area contributed by atoms with E-state index in [4.69, 9.17) is 4.74 Å². The molecule has 8 nitrogen and oxygen atoms in total. The van der Waals surface area contributed by atoms with E-state index in [0.29, 0.717) is 28.3 Å². The van der Waals surface area contributed by atoms with Gasteiger partial charge in [-0.15, -0.1) is 16.4 Å². The molecule has 0 aliphatic carbocycles. The van der Waals surface area contributed by atoms with Crippen molar-refractivity contribution in [1.82, 2.24) is 29.5 Å². The van der Waals surface area contributed by atoms with E-state index in [1.54, 1.807) is 23.0 Å². The van der Waals surface area contributed by atoms with Gasteiger partial charge in [-0.25, -0.2) is 9.97 Å². The maximum Gasteiger partial charge on any atom is 0.277 e. The minimum atomic E-state index is -0.241. The second-order valence-electron chi connectivity index (χ2n) is 6.39. The number of ether oxygens (including phenoxy) is 1. The third-order valence-corrected chi connectivity index (χ3v) is 5.64. The van der Waals surface area contributed by atoms with Gasteiger partial charge >= 0.3 is 0 Å². The van der Waals surface area contributed by atoms with Gasteiger partial charge in [0.1, 0.15) is 11.4 Å². The van der Waals surface area contributed by atoms with Crippen LogP contribution in [-0.4, -0.2) is 36.7 Å². The first-order valence-electron chi connectivity index (χ1n) is 8.54. The quantitative estimate of drug-likeness (QED) is 0.474. The number of imidazole rings is 1. The Balaban J connectivity index is 1.71. The molecule has 0 saturated carbocycles. The van der Waals surface area contributed by atoms with E-state index in [0.717, 1.165) is 26.9 Å². The van der Waals surface area contributed by atoms with Crippen molar-refractivity contribution < 1.29 is 4.74 Å². The summed E-state index contributed by atoms with van der Waals surface area (Å²) in [7, 11) is 1.62. The topological polar surface area (TPSA) is 101 Å². The lowest BCUT2D eigenvalue weighted by Crippen LogP contribution is -2.09. The first-order chi connectivity index (χ1) is 13.7. The van der Waals surface area contributed by atoms with Crippen molar-refractivity contribution in [2.24, 2.45) is 0 Å². The first kappa shape index (κ1) is 15.3. The molecule has 136 valence electrons. The molecule has 2 N–H and O–H groups in total. The largest absolute Gasteiger partial charge is 0.497 e. The molecule has 28 heavy (non-hydrogen) atoms. The highest BCUT2D eigenvalue weighted by molar-refractivity contribution is 7.13. The monoisotopic (exact) mass is 388 g/mol. The lowest BCUT2D eigenvalue weighted by molar-refractivity contribution is 0.415. The van der Waals surface area contributed by atoms with Gasteiger partial charge in [-0.05, 0) is 29.6 Å². The highest BCUT2D eigenvalue weighted by atomic mass is 32.1. The first-order valence-corrected chi connectivity index (χ1v) is 9.42. The third-order valence-electron chi connectivity index (χ3n) is 4.77. The second kappa shape index (κ2) is 5.40. The van der Waals surface area contributed by atoms with Gasteiger partial charge in [0.2, 0.25) is 0 Å². The van der Waals surface area contributed by atoms with E-state index in [1.807, 2.05) is 41.8 Å². The van der Waals surface area contributed by atoms with E-state index in [1.165, 1.54) is 0 Å². The number of aromatic nitrogens is 6. The zero-order valence-corrected chi connectivity index (χ0v) is 15.4. The van der Waals surface area contributed by atoms with E-state index >= 15 is 0 Å². The van der Waals surface area contributed by atoms with E-state index in [9.17, 15) is 4.79 Å². The number of methoxy groups -OCH3 is 1. The summed E-state index contributed by atoms with van der Waals surface area (Å²) >= 11 is 1.55. The number of pyridine rings is 1. The fraction of sp³-hybridized carbons (Fsp3) is 0.0526. The molecule has 0 radical (unpaired) electrons. The highest BCUT2D eigenvalue weighted by Crippen LogP contribution is 2.27. The molecule has 6 aromatic rings. The second-order valence-corrected chi connectivity index (χ2v) is 7.34. The molecule has 5 heterocycles. The van der Waals surface area contributed by atoms with Crippen LogP contribution >= 0.6 is 11.3 Å². The fourth-order valence-corrected chi connectivity index (χ4v) is 4.09. The Bertz CT molecular complexity index is 1580. The Morgan fingerprint density at radius 3 is 2.89 bits per heavy atom. The maximum absolute atomic E-state index is 12.7. The number of nitrogens with one attached hydrogen (secondary N) is 2. The summed E-state index contributed by atoms with van der Waals surface area (Å²) in [6.07, 6.45) is 0. The average Bonchev–Trinajstić information content (AvgIpc) is 3.44. The Hall–Kier alpha value is -3.72. The molecule has 6 rings (SSSR count). The van der Waals surface area contributed by atoms with Crippen molar-refractivity contribution in [3.05, 3.63) is 52.1 Å². The number of thiophene rings is 1. The number of hydrogen-bond donors (Lipinski definition) is 2. The van der Waals surface area contributed by atoms with Crippen LogP contribution in [0.5, 0.6) is 5.75 Å². The van der Waals surface area contributed by atoms with Gasteiger partial charge in [-0.2, -0.15) is 4.52 Å². The van der Waals surface area contributed by atoms with Gasteiger partial charge in [0.25, 0.3) is 5.56 Å². The number of nitrogens with zero attached hydrogens (tertiary/aromatic N) is 4. The van der Waals surface area contributed by atoms with E-state index < -0.39 is 0 Å². The molecule has 0 bridgehead atoms. The van der Waals surface area contributed by atoms with Crippen molar-refractivity contribution in [3.63, 3.8) is 0 Å². The van der Waals surface area contributed by atoms with Crippen LogP contribution in [0.15, 0.2) is 46.6 Å². The van der Waals surface area contributed by atoms with E-state index in [2.05, 4.69) is 25.0 Å². The molecule has 0 fully saturated rings. The zero-order valence-electron chi connectivity index (χ0n) is 14.6. The molecule has 0 atom stereocenters. The van der Waals surface area contributed by atoms with Gasteiger partial charge in [0.05, 0.1) is 22.9 Å². The molecular weight excluding hydrogens is 376 g/mol. The van der Waals surface area contributed by atoms with Crippen LogP contribution in [0.4, 0.5) is 0 Å². The van der Waals surface area contributed by atoms with Crippen molar-refractivity contribution in [2.45, 2.75) is 0 Å². The number of hydrogen-bond acceptors (Lipinski definition) is 6. The number of benzene rings is 1. The number of rotatable bonds is 2. The summed E-state index contributed by atoms with van der Waals surface area (Å²) in [4.78, 5) is 28.9. The smallest absolute Gasteiger partial charge is 0.277 e. The van der Waals surface area contributed by atoms with Crippen LogP contribution in [-0.2, 0) is 0 Å². The molecule has 0 aliphatic heterocycles. The van der Waals surface area contributed by atoms with Crippen molar-refractivity contribution in [3.8, 4) is 16.5 Å². The van der Waals surface area contributed by atoms with Gasteiger partial charge in [-0.3, -0.25) is 4.79 Å². The Morgan fingerprint density at radius 2 is 2.07 bits per heavy atom. The highest BCUT2D eigenvalue weighted by Gasteiger charge is 2.17. The average molecular weight is 388 g/mol. The van der Waals surface area contributed by atoms with Crippen LogP contribution in [0.25, 0.3) is 49.4 Å².